The highest BCUT2D eigenvalue weighted by molar-refractivity contribution is 14.1. The molecule has 208 valence electrons. The average Bonchev–Trinajstić information content (AvgIpc) is 3.01. The van der Waals surface area contributed by atoms with Gasteiger partial charge < -0.3 is 21.1 Å². The Kier molecular flexibility index (Phi) is 8.36. The van der Waals surface area contributed by atoms with Crippen molar-refractivity contribution < 1.29 is 4.74 Å². The molecule has 1 aliphatic carbocycles. The van der Waals surface area contributed by atoms with Crippen molar-refractivity contribution in [3.8, 4) is 11.3 Å². The van der Waals surface area contributed by atoms with Crippen LogP contribution in [-0.2, 0) is 4.74 Å². The molecule has 1 aromatic heterocycles. The molecule has 1 saturated carbocycles. The molecule has 2 fully saturated rings. The molecule has 0 spiro atoms. The van der Waals surface area contributed by atoms with Gasteiger partial charge in [-0.1, -0.05) is 71.1 Å². The molecule has 2 aliphatic heterocycles. The van der Waals surface area contributed by atoms with Gasteiger partial charge in [-0.25, -0.2) is 9.98 Å². The molecule has 40 heavy (non-hydrogen) atoms. The quantitative estimate of drug-likeness (QED) is 0.206. The number of aromatic nitrogens is 1. The summed E-state index contributed by atoms with van der Waals surface area (Å²) in [7, 11) is 0. The van der Waals surface area contributed by atoms with Gasteiger partial charge >= 0.3 is 0 Å². The first-order valence-corrected chi connectivity index (χ1v) is 15.5. The Morgan fingerprint density at radius 1 is 1.00 bits per heavy atom. The summed E-state index contributed by atoms with van der Waals surface area (Å²) in [5.41, 5.74) is 18.6. The number of ether oxygens (including phenoxy) is 1. The maximum Gasteiger partial charge on any atom is 0.149 e. The van der Waals surface area contributed by atoms with Gasteiger partial charge in [-0.15, -0.1) is 0 Å². The predicted molar refractivity (Wildman–Crippen MR) is 171 cm³/mol. The zero-order valence-electron chi connectivity index (χ0n) is 22.8. The van der Waals surface area contributed by atoms with Crippen LogP contribution in [0.1, 0.15) is 31.2 Å². The predicted octanol–water partition coefficient (Wildman–Crippen LogP) is 5.57. The average molecular weight is 649 g/mol. The largest absolute Gasteiger partial charge is 0.396 e. The summed E-state index contributed by atoms with van der Waals surface area (Å²) < 4.78 is 5.77. The number of morpholine rings is 1. The molecule has 3 heterocycles. The van der Waals surface area contributed by atoms with Gasteiger partial charge in [-0.3, -0.25) is 4.90 Å². The van der Waals surface area contributed by atoms with Crippen LogP contribution in [0.3, 0.4) is 0 Å². The van der Waals surface area contributed by atoms with Crippen LogP contribution in [0.25, 0.3) is 27.9 Å². The minimum atomic E-state index is 0.240. The van der Waals surface area contributed by atoms with E-state index in [9.17, 15) is 0 Å². The normalized spacial score (nSPS) is 24.1. The number of hydrogen-bond donors (Lipinski definition) is 2. The highest BCUT2D eigenvalue weighted by atomic mass is 127. The Bertz CT molecular complexity index is 1420. The molecule has 0 radical (unpaired) electrons. The van der Waals surface area contributed by atoms with Crippen molar-refractivity contribution in [3.63, 3.8) is 0 Å². The number of alkyl halides is 1. The van der Waals surface area contributed by atoms with Crippen molar-refractivity contribution in [1.82, 2.24) is 14.8 Å². The zero-order chi connectivity index (χ0) is 27.5. The maximum atomic E-state index is 6.88. The molecule has 0 amide bonds. The zero-order valence-corrected chi connectivity index (χ0v) is 24.9. The van der Waals surface area contributed by atoms with Gasteiger partial charge in [-0.05, 0) is 49.7 Å². The SMILES string of the molecule is NC1=NC=CN(C(I)C2CCC(CN3CCOCC3)CC2)/C1=C(\N)c1ccc2ccc(-c3ccccc3)nc2c1. The van der Waals surface area contributed by atoms with Crippen molar-refractivity contribution in [2.24, 2.45) is 28.3 Å². The lowest BCUT2D eigenvalue weighted by atomic mass is 9.81. The number of aliphatic imine (C=N–C) groups is 1. The van der Waals surface area contributed by atoms with Gasteiger partial charge in [0.25, 0.3) is 0 Å². The van der Waals surface area contributed by atoms with Crippen LogP contribution in [0.4, 0.5) is 0 Å². The lowest BCUT2D eigenvalue weighted by Crippen LogP contribution is -2.42. The fourth-order valence-electron chi connectivity index (χ4n) is 6.15. The number of benzene rings is 2. The van der Waals surface area contributed by atoms with Gasteiger partial charge in [0.1, 0.15) is 11.5 Å². The van der Waals surface area contributed by atoms with Crippen molar-refractivity contribution in [1.29, 1.82) is 0 Å². The smallest absolute Gasteiger partial charge is 0.149 e. The molecule has 7 nitrogen and oxygen atoms in total. The van der Waals surface area contributed by atoms with Crippen LogP contribution in [0.15, 0.2) is 83.8 Å². The summed E-state index contributed by atoms with van der Waals surface area (Å²) >= 11 is 2.58. The lowest BCUT2D eigenvalue weighted by molar-refractivity contribution is 0.0260. The summed E-state index contributed by atoms with van der Waals surface area (Å²) in [6.45, 7) is 5.07. The molecule has 8 heteroatoms. The van der Waals surface area contributed by atoms with E-state index < -0.39 is 0 Å². The van der Waals surface area contributed by atoms with E-state index in [1.54, 1.807) is 6.20 Å². The number of fused-ring (bicyclic) bond motifs is 1. The van der Waals surface area contributed by atoms with Gasteiger partial charge in [0.2, 0.25) is 0 Å². The Labute approximate surface area is 250 Å². The summed E-state index contributed by atoms with van der Waals surface area (Å²) in [6.07, 6.45) is 8.76. The minimum absolute atomic E-state index is 0.240. The van der Waals surface area contributed by atoms with Gasteiger partial charge in [0.15, 0.2) is 0 Å². The number of pyridine rings is 1. The highest BCUT2D eigenvalue weighted by Crippen LogP contribution is 2.38. The summed E-state index contributed by atoms with van der Waals surface area (Å²) in [5.74, 6) is 1.78. The second kappa shape index (κ2) is 12.3. The molecule has 6 rings (SSSR count). The Hall–Kier alpha value is -2.95. The minimum Gasteiger partial charge on any atom is -0.396 e. The van der Waals surface area contributed by atoms with Crippen LogP contribution >= 0.6 is 22.6 Å². The topological polar surface area (TPSA) is 93.0 Å². The molecule has 1 atom stereocenters. The maximum absolute atomic E-state index is 6.88. The fraction of sp³-hybridized carbons (Fsp3) is 0.375. The Balaban J connectivity index is 1.22. The Morgan fingerprint density at radius 2 is 1.75 bits per heavy atom. The van der Waals surface area contributed by atoms with E-state index in [0.29, 0.717) is 17.5 Å². The highest BCUT2D eigenvalue weighted by Gasteiger charge is 2.33. The number of nitrogens with zero attached hydrogens (tertiary/aromatic N) is 4. The summed E-state index contributed by atoms with van der Waals surface area (Å²) in [4.78, 5) is 14.2. The molecule has 2 aromatic carbocycles. The van der Waals surface area contributed by atoms with E-state index in [4.69, 9.17) is 21.2 Å². The van der Waals surface area contributed by atoms with E-state index in [-0.39, 0.29) is 4.05 Å². The first-order chi connectivity index (χ1) is 19.6. The third kappa shape index (κ3) is 5.89. The van der Waals surface area contributed by atoms with Crippen LogP contribution in [0.5, 0.6) is 0 Å². The third-order valence-electron chi connectivity index (χ3n) is 8.44. The first-order valence-electron chi connectivity index (χ1n) is 14.3. The molecule has 3 aromatic rings. The molecular formula is C32H37IN6O. The lowest BCUT2D eigenvalue weighted by Gasteiger charge is -2.40. The number of hydrogen-bond acceptors (Lipinski definition) is 7. The number of halogens is 1. The van der Waals surface area contributed by atoms with Crippen LogP contribution < -0.4 is 11.5 Å². The van der Waals surface area contributed by atoms with Crippen molar-refractivity contribution in [2.45, 2.75) is 29.7 Å². The van der Waals surface area contributed by atoms with E-state index in [1.165, 1.54) is 32.2 Å². The first kappa shape index (κ1) is 27.2. The van der Waals surface area contributed by atoms with Crippen LogP contribution in [0, 0.1) is 11.8 Å². The molecule has 3 aliphatic rings. The molecule has 0 bridgehead atoms. The van der Waals surface area contributed by atoms with Gasteiger partial charge in [-0.2, -0.15) is 0 Å². The Morgan fingerprint density at radius 3 is 2.52 bits per heavy atom. The van der Waals surface area contributed by atoms with Crippen molar-refractivity contribution in [3.05, 3.63) is 84.3 Å². The molecule has 1 saturated heterocycles. The van der Waals surface area contributed by atoms with Crippen LogP contribution in [0.2, 0.25) is 0 Å². The van der Waals surface area contributed by atoms with E-state index >= 15 is 0 Å². The standard InChI is InChI=1S/C32H37IN6O/c33-31(25-8-6-22(7-9-25)21-38-16-18-40-19-17-38)39-15-14-36-32(35)30(39)29(34)26-11-10-24-12-13-27(37-28(24)20-26)23-4-2-1-3-5-23/h1-5,10-15,20,22,25,31H,6-9,16-19,21,34H2,(H2,35,36)/b30-29-. The monoisotopic (exact) mass is 648 g/mol. The number of rotatable bonds is 6. The summed E-state index contributed by atoms with van der Waals surface area (Å²) in [5, 5.41) is 1.07. The van der Waals surface area contributed by atoms with Gasteiger partial charge in [0, 0.05) is 48.5 Å². The molecule has 4 N–H and O–H groups in total. The summed E-state index contributed by atoms with van der Waals surface area (Å²) in [6, 6.07) is 20.6. The number of nitrogens with two attached hydrogens (primary N) is 2. The van der Waals surface area contributed by atoms with Crippen molar-refractivity contribution >= 4 is 45.0 Å². The van der Waals surface area contributed by atoms with E-state index in [2.05, 4.69) is 79.8 Å². The van der Waals surface area contributed by atoms with Crippen molar-refractivity contribution in [2.75, 3.05) is 32.8 Å². The van der Waals surface area contributed by atoms with E-state index in [1.807, 2.05) is 24.4 Å². The second-order valence-corrected chi connectivity index (χ2v) is 12.3. The van der Waals surface area contributed by atoms with Gasteiger partial charge in [0.05, 0.1) is 34.2 Å². The fourth-order valence-corrected chi connectivity index (χ4v) is 7.33. The molecular weight excluding hydrogens is 611 g/mol. The molecule has 1 unspecified atom stereocenters. The van der Waals surface area contributed by atoms with E-state index in [0.717, 1.165) is 65.6 Å². The second-order valence-electron chi connectivity index (χ2n) is 11.0. The third-order valence-corrected chi connectivity index (χ3v) is 10.1. The van der Waals surface area contributed by atoms with Crippen LogP contribution in [-0.4, -0.2) is 57.5 Å². The number of amidine groups is 1.